The van der Waals surface area contributed by atoms with Gasteiger partial charge in [-0.25, -0.2) is 0 Å². The van der Waals surface area contributed by atoms with Gasteiger partial charge in [0, 0.05) is 23.6 Å². The fourth-order valence-corrected chi connectivity index (χ4v) is 1.73. The summed E-state index contributed by atoms with van der Waals surface area (Å²) in [5.74, 6) is -0.125. The van der Waals surface area contributed by atoms with Crippen molar-refractivity contribution in [1.29, 1.82) is 0 Å². The van der Waals surface area contributed by atoms with E-state index in [-0.39, 0.29) is 5.91 Å². The maximum atomic E-state index is 11.0. The van der Waals surface area contributed by atoms with Crippen LogP contribution in [0.25, 0.3) is 10.9 Å². The molecule has 3 heteroatoms. The molecule has 1 aromatic heterocycles. The van der Waals surface area contributed by atoms with E-state index in [1.165, 1.54) is 17.0 Å². The minimum absolute atomic E-state index is 0.125. The van der Waals surface area contributed by atoms with Crippen molar-refractivity contribution in [1.82, 2.24) is 10.3 Å². The number of para-hydroxylation sites is 1. The molecule has 1 amide bonds. The van der Waals surface area contributed by atoms with Gasteiger partial charge in [-0.1, -0.05) is 24.8 Å². The average molecular weight is 214 g/mol. The van der Waals surface area contributed by atoms with E-state index < -0.39 is 0 Å². The Balaban J connectivity index is 2.04. The van der Waals surface area contributed by atoms with Gasteiger partial charge in [-0.15, -0.1) is 0 Å². The highest BCUT2D eigenvalue weighted by atomic mass is 16.1. The number of hydrogen-bond donors (Lipinski definition) is 2. The van der Waals surface area contributed by atoms with E-state index in [1.54, 1.807) is 0 Å². The lowest BCUT2D eigenvalue weighted by Crippen LogP contribution is -2.23. The summed E-state index contributed by atoms with van der Waals surface area (Å²) in [6.45, 7) is 4.04. The number of H-pyrrole nitrogens is 1. The smallest absolute Gasteiger partial charge is 0.243 e. The van der Waals surface area contributed by atoms with E-state index >= 15 is 0 Å². The van der Waals surface area contributed by atoms with Gasteiger partial charge in [0.05, 0.1) is 0 Å². The lowest BCUT2D eigenvalue weighted by molar-refractivity contribution is -0.116. The normalized spacial score (nSPS) is 10.2. The van der Waals surface area contributed by atoms with Gasteiger partial charge >= 0.3 is 0 Å². The van der Waals surface area contributed by atoms with Crippen molar-refractivity contribution in [2.24, 2.45) is 0 Å². The minimum Gasteiger partial charge on any atom is -0.361 e. The summed E-state index contributed by atoms with van der Waals surface area (Å²) in [4.78, 5) is 14.2. The van der Waals surface area contributed by atoms with E-state index in [4.69, 9.17) is 0 Å². The second kappa shape index (κ2) is 4.66. The van der Waals surface area contributed by atoms with Crippen LogP contribution < -0.4 is 5.32 Å². The van der Waals surface area contributed by atoms with Crippen molar-refractivity contribution in [3.63, 3.8) is 0 Å². The molecule has 3 nitrogen and oxygen atoms in total. The van der Waals surface area contributed by atoms with E-state index in [9.17, 15) is 4.79 Å². The van der Waals surface area contributed by atoms with E-state index in [0.717, 1.165) is 11.9 Å². The van der Waals surface area contributed by atoms with Crippen LogP contribution in [0.3, 0.4) is 0 Å². The zero-order valence-electron chi connectivity index (χ0n) is 8.99. The first kappa shape index (κ1) is 10.5. The Labute approximate surface area is 94.2 Å². The third-order valence-electron chi connectivity index (χ3n) is 2.55. The van der Waals surface area contributed by atoms with Crippen molar-refractivity contribution < 1.29 is 4.79 Å². The molecular weight excluding hydrogens is 200 g/mol. The molecule has 0 saturated heterocycles. The predicted octanol–water partition coefficient (Wildman–Crippen LogP) is 2.01. The molecule has 0 aliphatic carbocycles. The minimum atomic E-state index is -0.125. The molecule has 2 rings (SSSR count). The number of hydrogen-bond acceptors (Lipinski definition) is 1. The highest BCUT2D eigenvalue weighted by Gasteiger charge is 2.02. The third-order valence-corrected chi connectivity index (χ3v) is 2.55. The van der Waals surface area contributed by atoms with E-state index in [2.05, 4.69) is 22.9 Å². The molecule has 0 fully saturated rings. The quantitative estimate of drug-likeness (QED) is 0.751. The highest BCUT2D eigenvalue weighted by Crippen LogP contribution is 2.17. The van der Waals surface area contributed by atoms with Crippen LogP contribution >= 0.6 is 0 Å². The first-order valence-electron chi connectivity index (χ1n) is 5.26. The molecule has 1 aromatic carbocycles. The summed E-state index contributed by atoms with van der Waals surface area (Å²) in [6, 6.07) is 8.14. The molecule has 0 spiro atoms. The van der Waals surface area contributed by atoms with Crippen molar-refractivity contribution >= 4 is 16.8 Å². The monoisotopic (exact) mass is 214 g/mol. The number of nitrogens with one attached hydrogen (secondary N) is 2. The van der Waals surface area contributed by atoms with Crippen LogP contribution in [0.5, 0.6) is 0 Å². The summed E-state index contributed by atoms with van der Waals surface area (Å²) >= 11 is 0. The topological polar surface area (TPSA) is 44.9 Å². The van der Waals surface area contributed by atoms with Gasteiger partial charge in [-0.2, -0.15) is 0 Å². The number of carbonyl (C=O) groups excluding carboxylic acids is 1. The van der Waals surface area contributed by atoms with Gasteiger partial charge in [0.2, 0.25) is 5.91 Å². The molecule has 2 N–H and O–H groups in total. The highest BCUT2D eigenvalue weighted by molar-refractivity contribution is 5.87. The Bertz CT molecular complexity index is 513. The zero-order chi connectivity index (χ0) is 11.4. The van der Waals surface area contributed by atoms with Crippen molar-refractivity contribution in [3.05, 3.63) is 48.7 Å². The molecule has 0 bridgehead atoms. The fraction of sp³-hybridized carbons (Fsp3) is 0.154. The van der Waals surface area contributed by atoms with Crippen LogP contribution in [0.2, 0.25) is 0 Å². The Hall–Kier alpha value is -2.03. The summed E-state index contributed by atoms with van der Waals surface area (Å²) in [5.41, 5.74) is 2.35. The maximum Gasteiger partial charge on any atom is 0.243 e. The second-order valence-corrected chi connectivity index (χ2v) is 3.60. The molecule has 2 aromatic rings. The molecule has 82 valence electrons. The zero-order valence-corrected chi connectivity index (χ0v) is 8.99. The fourth-order valence-electron chi connectivity index (χ4n) is 1.73. The van der Waals surface area contributed by atoms with Crippen LogP contribution in [0, 0.1) is 0 Å². The van der Waals surface area contributed by atoms with Crippen molar-refractivity contribution in [3.8, 4) is 0 Å². The molecule has 1 heterocycles. The standard InChI is InChI=1S/C13H14N2O/c1-2-13(16)14-8-7-10-9-15-12-6-4-3-5-11(10)12/h2-6,9,15H,1,7-8H2,(H,14,16). The Morgan fingerprint density at radius 2 is 2.25 bits per heavy atom. The molecule has 16 heavy (non-hydrogen) atoms. The first-order valence-corrected chi connectivity index (χ1v) is 5.26. The molecule has 0 aliphatic rings. The van der Waals surface area contributed by atoms with Gasteiger partial charge in [0.1, 0.15) is 0 Å². The Morgan fingerprint density at radius 3 is 3.06 bits per heavy atom. The van der Waals surface area contributed by atoms with Gasteiger partial charge in [-0.05, 0) is 24.1 Å². The summed E-state index contributed by atoms with van der Waals surface area (Å²) < 4.78 is 0. The van der Waals surface area contributed by atoms with Crippen LogP contribution in [-0.2, 0) is 11.2 Å². The van der Waals surface area contributed by atoms with Gasteiger partial charge in [0.25, 0.3) is 0 Å². The van der Waals surface area contributed by atoms with Gasteiger partial charge in [-0.3, -0.25) is 4.79 Å². The molecule has 0 atom stereocenters. The lowest BCUT2D eigenvalue weighted by atomic mass is 10.1. The summed E-state index contributed by atoms with van der Waals surface area (Å²) in [5, 5.41) is 3.98. The van der Waals surface area contributed by atoms with Crippen LogP contribution in [0.1, 0.15) is 5.56 Å². The number of rotatable bonds is 4. The largest absolute Gasteiger partial charge is 0.361 e. The second-order valence-electron chi connectivity index (χ2n) is 3.60. The Kier molecular flexibility index (Phi) is 3.05. The third kappa shape index (κ3) is 2.14. The lowest BCUT2D eigenvalue weighted by Gasteiger charge is -2.01. The van der Waals surface area contributed by atoms with Crippen LogP contribution in [0.15, 0.2) is 43.1 Å². The number of benzene rings is 1. The number of amides is 1. The number of carbonyl (C=O) groups is 1. The summed E-state index contributed by atoms with van der Waals surface area (Å²) in [7, 11) is 0. The average Bonchev–Trinajstić information content (AvgIpc) is 2.73. The predicted molar refractivity (Wildman–Crippen MR) is 65.2 cm³/mol. The van der Waals surface area contributed by atoms with Crippen molar-refractivity contribution in [2.75, 3.05) is 6.54 Å². The Morgan fingerprint density at radius 1 is 1.44 bits per heavy atom. The number of fused-ring (bicyclic) bond motifs is 1. The van der Waals surface area contributed by atoms with Crippen LogP contribution in [0.4, 0.5) is 0 Å². The first-order chi connectivity index (χ1) is 7.81. The van der Waals surface area contributed by atoms with E-state index in [1.807, 2.05) is 24.4 Å². The molecule has 0 aliphatic heterocycles. The van der Waals surface area contributed by atoms with Crippen LogP contribution in [-0.4, -0.2) is 17.4 Å². The number of aromatic amines is 1. The number of aromatic nitrogens is 1. The van der Waals surface area contributed by atoms with E-state index in [0.29, 0.717) is 6.54 Å². The van der Waals surface area contributed by atoms with Gasteiger partial charge < -0.3 is 10.3 Å². The van der Waals surface area contributed by atoms with Gasteiger partial charge in [0.15, 0.2) is 0 Å². The molecule has 0 saturated carbocycles. The molecular formula is C13H14N2O. The molecule has 0 radical (unpaired) electrons. The molecule has 0 unspecified atom stereocenters. The van der Waals surface area contributed by atoms with Crippen molar-refractivity contribution in [2.45, 2.75) is 6.42 Å². The maximum absolute atomic E-state index is 11.0. The summed E-state index contributed by atoms with van der Waals surface area (Å²) in [6.07, 6.45) is 4.10. The SMILES string of the molecule is C=CC(=O)NCCc1c[nH]c2ccccc12.